The van der Waals surface area contributed by atoms with Crippen molar-refractivity contribution >= 4 is 17.3 Å². The number of nitrogens with one attached hydrogen (secondary N) is 1. The number of aromatic nitrogens is 3. The molecule has 7 nitrogen and oxygen atoms in total. The number of phenols is 1. The van der Waals surface area contributed by atoms with Gasteiger partial charge in [-0.25, -0.2) is 9.07 Å². The number of carbonyl (C=O) groups is 1. The van der Waals surface area contributed by atoms with Crippen molar-refractivity contribution < 1.29 is 14.3 Å². The highest BCUT2D eigenvalue weighted by atomic mass is 19.1. The van der Waals surface area contributed by atoms with Gasteiger partial charge in [0.2, 0.25) is 5.91 Å². The summed E-state index contributed by atoms with van der Waals surface area (Å²) < 4.78 is 14.7. The van der Waals surface area contributed by atoms with Crippen molar-refractivity contribution in [3.05, 3.63) is 84.4 Å². The van der Waals surface area contributed by atoms with Gasteiger partial charge < -0.3 is 16.2 Å². The number of hydrogen-bond acceptors (Lipinski definition) is 5. The predicted molar refractivity (Wildman–Crippen MR) is 116 cm³/mol. The molecule has 0 aliphatic rings. The third-order valence-electron chi connectivity index (χ3n) is 4.77. The summed E-state index contributed by atoms with van der Waals surface area (Å²) >= 11 is 0. The number of anilines is 2. The average Bonchev–Trinajstić information content (AvgIpc) is 3.24. The number of phenolic OH excluding ortho intramolecular Hbond substituents is 1. The zero-order chi connectivity index (χ0) is 21.8. The SMILES string of the molecule is Nc1ccc(-c2ccc(F)cc2)cc1NC(=O)CCc1cn(-c2ccc(O)cc2)nn1. The maximum atomic E-state index is 13.2. The van der Waals surface area contributed by atoms with Crippen molar-refractivity contribution in [2.75, 3.05) is 11.1 Å². The Bertz CT molecular complexity index is 1200. The number of benzene rings is 3. The summed E-state index contributed by atoms with van der Waals surface area (Å²) in [5.41, 5.74) is 10.0. The first kappa shape index (κ1) is 20.1. The van der Waals surface area contributed by atoms with Crippen LogP contribution in [0.3, 0.4) is 0 Å². The fourth-order valence-corrected chi connectivity index (χ4v) is 3.09. The van der Waals surface area contributed by atoms with Gasteiger partial charge in [0.25, 0.3) is 0 Å². The Labute approximate surface area is 178 Å². The van der Waals surface area contributed by atoms with Crippen LogP contribution >= 0.6 is 0 Å². The van der Waals surface area contributed by atoms with Crippen molar-refractivity contribution in [1.29, 1.82) is 0 Å². The van der Waals surface area contributed by atoms with E-state index in [1.54, 1.807) is 59.4 Å². The van der Waals surface area contributed by atoms with Crippen LogP contribution < -0.4 is 11.1 Å². The molecule has 1 aromatic heterocycles. The summed E-state index contributed by atoms with van der Waals surface area (Å²) in [7, 11) is 0. The van der Waals surface area contributed by atoms with E-state index in [1.165, 1.54) is 12.1 Å². The smallest absolute Gasteiger partial charge is 0.224 e. The molecule has 0 aliphatic carbocycles. The van der Waals surface area contributed by atoms with Crippen LogP contribution in [0.5, 0.6) is 5.75 Å². The molecule has 0 saturated heterocycles. The Kier molecular flexibility index (Phi) is 5.61. The number of nitrogen functional groups attached to an aromatic ring is 1. The highest BCUT2D eigenvalue weighted by Gasteiger charge is 2.10. The summed E-state index contributed by atoms with van der Waals surface area (Å²) in [6.07, 6.45) is 2.35. The Morgan fingerprint density at radius 3 is 2.48 bits per heavy atom. The van der Waals surface area contributed by atoms with Gasteiger partial charge in [-0.1, -0.05) is 23.4 Å². The van der Waals surface area contributed by atoms with Crippen molar-refractivity contribution in [3.8, 4) is 22.6 Å². The lowest BCUT2D eigenvalue weighted by atomic mass is 10.0. The van der Waals surface area contributed by atoms with Gasteiger partial charge in [-0.15, -0.1) is 5.10 Å². The van der Waals surface area contributed by atoms with Crippen LogP contribution in [0.1, 0.15) is 12.1 Å². The summed E-state index contributed by atoms with van der Waals surface area (Å²) in [5, 5.41) is 20.3. The normalized spacial score (nSPS) is 10.7. The molecule has 0 aliphatic heterocycles. The fourth-order valence-electron chi connectivity index (χ4n) is 3.09. The molecule has 4 aromatic rings. The lowest BCUT2D eigenvalue weighted by Gasteiger charge is -2.10. The summed E-state index contributed by atoms with van der Waals surface area (Å²) in [5.74, 6) is -0.347. The number of hydrogen-bond donors (Lipinski definition) is 3. The van der Waals surface area contributed by atoms with Crippen LogP contribution in [-0.4, -0.2) is 26.0 Å². The van der Waals surface area contributed by atoms with Gasteiger partial charge >= 0.3 is 0 Å². The third-order valence-corrected chi connectivity index (χ3v) is 4.77. The number of nitrogens with two attached hydrogens (primary N) is 1. The Hall–Kier alpha value is -4.20. The van der Waals surface area contributed by atoms with Gasteiger partial charge in [-0.2, -0.15) is 0 Å². The van der Waals surface area contributed by atoms with E-state index in [4.69, 9.17) is 5.73 Å². The number of carbonyl (C=O) groups excluding carboxylic acids is 1. The molecule has 156 valence electrons. The van der Waals surface area contributed by atoms with Gasteiger partial charge in [0.05, 0.1) is 29.0 Å². The molecule has 1 amide bonds. The highest BCUT2D eigenvalue weighted by molar-refractivity contribution is 5.95. The molecule has 31 heavy (non-hydrogen) atoms. The second-order valence-electron chi connectivity index (χ2n) is 7.03. The molecule has 0 spiro atoms. The number of aryl methyl sites for hydroxylation is 1. The molecule has 4 rings (SSSR count). The van der Waals surface area contributed by atoms with E-state index in [0.717, 1.165) is 16.8 Å². The van der Waals surface area contributed by atoms with E-state index >= 15 is 0 Å². The first-order chi connectivity index (χ1) is 15.0. The Morgan fingerprint density at radius 1 is 1.03 bits per heavy atom. The molecule has 4 N–H and O–H groups in total. The summed E-state index contributed by atoms with van der Waals surface area (Å²) in [4.78, 5) is 12.4. The van der Waals surface area contributed by atoms with Gasteiger partial charge in [0.15, 0.2) is 0 Å². The maximum Gasteiger partial charge on any atom is 0.224 e. The van der Waals surface area contributed by atoms with Crippen LogP contribution in [-0.2, 0) is 11.2 Å². The zero-order valence-corrected chi connectivity index (χ0v) is 16.5. The molecule has 0 unspecified atom stereocenters. The van der Waals surface area contributed by atoms with E-state index in [9.17, 15) is 14.3 Å². The molecule has 1 heterocycles. The van der Waals surface area contributed by atoms with Gasteiger partial charge in [-0.3, -0.25) is 4.79 Å². The number of amides is 1. The van der Waals surface area contributed by atoms with Crippen LogP contribution in [0.4, 0.5) is 15.8 Å². The third kappa shape index (κ3) is 4.87. The number of rotatable bonds is 6. The van der Waals surface area contributed by atoms with Crippen molar-refractivity contribution in [1.82, 2.24) is 15.0 Å². The predicted octanol–water partition coefficient (Wildman–Crippen LogP) is 3.93. The summed E-state index contributed by atoms with van der Waals surface area (Å²) in [6.45, 7) is 0. The van der Waals surface area contributed by atoms with Crippen molar-refractivity contribution in [2.45, 2.75) is 12.8 Å². The minimum absolute atomic E-state index is 0.170. The molecule has 0 fully saturated rings. The number of aromatic hydroxyl groups is 1. The van der Waals surface area contributed by atoms with E-state index in [-0.39, 0.29) is 23.9 Å². The van der Waals surface area contributed by atoms with Crippen LogP contribution in [0.2, 0.25) is 0 Å². The summed E-state index contributed by atoms with van der Waals surface area (Å²) in [6, 6.07) is 18.0. The van der Waals surface area contributed by atoms with Gasteiger partial charge in [0, 0.05) is 12.8 Å². The van der Waals surface area contributed by atoms with E-state index in [0.29, 0.717) is 23.5 Å². The average molecular weight is 417 g/mol. The highest BCUT2D eigenvalue weighted by Crippen LogP contribution is 2.27. The molecule has 0 bridgehead atoms. The molecule has 8 heteroatoms. The topological polar surface area (TPSA) is 106 Å². The van der Waals surface area contributed by atoms with Crippen molar-refractivity contribution in [2.24, 2.45) is 0 Å². The second-order valence-corrected chi connectivity index (χ2v) is 7.03. The Morgan fingerprint density at radius 2 is 1.74 bits per heavy atom. The second kappa shape index (κ2) is 8.66. The van der Waals surface area contributed by atoms with Crippen molar-refractivity contribution in [3.63, 3.8) is 0 Å². The number of halogens is 1. The fraction of sp³-hybridized carbons (Fsp3) is 0.0870. The molecule has 0 saturated carbocycles. The molecular formula is C23H20FN5O2. The standard InChI is InChI=1S/C23H20FN5O2/c24-17-4-1-15(2-5-17)16-3-11-21(25)22(13-16)26-23(31)12-6-18-14-29(28-27-18)19-7-9-20(30)10-8-19/h1-5,7-11,13-14,30H,6,12,25H2,(H,26,31). The molecule has 0 radical (unpaired) electrons. The minimum Gasteiger partial charge on any atom is -0.508 e. The molecule has 3 aromatic carbocycles. The lowest BCUT2D eigenvalue weighted by molar-refractivity contribution is -0.116. The zero-order valence-electron chi connectivity index (χ0n) is 16.5. The lowest BCUT2D eigenvalue weighted by Crippen LogP contribution is -2.13. The molecular weight excluding hydrogens is 397 g/mol. The largest absolute Gasteiger partial charge is 0.508 e. The Balaban J connectivity index is 1.39. The first-order valence-corrected chi connectivity index (χ1v) is 9.64. The van der Waals surface area contributed by atoms with Crippen LogP contribution in [0.15, 0.2) is 72.9 Å². The van der Waals surface area contributed by atoms with Crippen LogP contribution in [0.25, 0.3) is 16.8 Å². The van der Waals surface area contributed by atoms with Crippen LogP contribution in [0, 0.1) is 5.82 Å². The number of nitrogens with zero attached hydrogens (tertiary/aromatic N) is 3. The van der Waals surface area contributed by atoms with Gasteiger partial charge in [-0.05, 0) is 59.7 Å². The van der Waals surface area contributed by atoms with E-state index in [2.05, 4.69) is 15.6 Å². The van der Waals surface area contributed by atoms with E-state index < -0.39 is 0 Å². The molecule has 0 atom stereocenters. The quantitative estimate of drug-likeness (QED) is 0.412. The minimum atomic E-state index is -0.310. The van der Waals surface area contributed by atoms with Gasteiger partial charge in [0.1, 0.15) is 11.6 Å². The monoisotopic (exact) mass is 417 g/mol. The van der Waals surface area contributed by atoms with E-state index in [1.807, 2.05) is 6.07 Å². The maximum absolute atomic E-state index is 13.2. The first-order valence-electron chi connectivity index (χ1n) is 9.64.